The molecular weight excluding hydrogens is 302 g/mol. The maximum atomic E-state index is 5.66. The smallest absolute Gasteiger partial charge is 0.191 e. The molecule has 0 spiro atoms. The second-order valence-corrected chi connectivity index (χ2v) is 6.20. The van der Waals surface area contributed by atoms with E-state index in [1.165, 1.54) is 24.0 Å². The van der Waals surface area contributed by atoms with Gasteiger partial charge in [-0.05, 0) is 43.2 Å². The number of guanidine groups is 1. The van der Waals surface area contributed by atoms with Crippen LogP contribution in [0.25, 0.3) is 0 Å². The summed E-state index contributed by atoms with van der Waals surface area (Å²) in [6.45, 7) is 6.82. The minimum absolute atomic E-state index is 0.619. The molecule has 1 fully saturated rings. The summed E-state index contributed by atoms with van der Waals surface area (Å²) in [6.07, 6.45) is 3.69. The van der Waals surface area contributed by atoms with Crippen LogP contribution in [-0.4, -0.2) is 39.4 Å². The molecule has 0 saturated heterocycles. The highest BCUT2D eigenvalue weighted by molar-refractivity contribution is 5.79. The molecule has 0 radical (unpaired) electrons. The third kappa shape index (κ3) is 7.32. The maximum absolute atomic E-state index is 5.66. The van der Waals surface area contributed by atoms with Crippen molar-refractivity contribution >= 4 is 5.96 Å². The van der Waals surface area contributed by atoms with Gasteiger partial charge in [0.15, 0.2) is 5.96 Å². The molecule has 0 unspecified atom stereocenters. The van der Waals surface area contributed by atoms with Gasteiger partial charge in [0.05, 0.1) is 13.2 Å². The fraction of sp³-hybridized carbons (Fsp3) is 0.632. The van der Waals surface area contributed by atoms with Crippen molar-refractivity contribution in [1.29, 1.82) is 0 Å². The number of hydrogen-bond acceptors (Lipinski definition) is 3. The van der Waals surface area contributed by atoms with E-state index in [9.17, 15) is 0 Å². The van der Waals surface area contributed by atoms with Crippen molar-refractivity contribution in [3.8, 4) is 0 Å². The normalized spacial score (nSPS) is 14.7. The minimum Gasteiger partial charge on any atom is -0.381 e. The van der Waals surface area contributed by atoms with E-state index in [1.54, 1.807) is 7.11 Å². The second-order valence-electron chi connectivity index (χ2n) is 6.20. The van der Waals surface area contributed by atoms with Crippen molar-refractivity contribution < 1.29 is 9.47 Å². The molecule has 0 heterocycles. The van der Waals surface area contributed by atoms with Crippen LogP contribution in [-0.2, 0) is 22.6 Å². The van der Waals surface area contributed by atoms with Gasteiger partial charge >= 0.3 is 0 Å². The summed E-state index contributed by atoms with van der Waals surface area (Å²) in [5, 5.41) is 6.66. The van der Waals surface area contributed by atoms with E-state index < -0.39 is 0 Å². The highest BCUT2D eigenvalue weighted by atomic mass is 16.5. The van der Waals surface area contributed by atoms with Crippen LogP contribution >= 0.6 is 0 Å². The number of benzene rings is 1. The van der Waals surface area contributed by atoms with E-state index in [4.69, 9.17) is 9.47 Å². The lowest BCUT2D eigenvalue weighted by atomic mass is 10.1. The highest BCUT2D eigenvalue weighted by Gasteiger charge is 2.20. The number of hydrogen-bond donors (Lipinski definition) is 2. The average Bonchev–Trinajstić information content (AvgIpc) is 3.41. The van der Waals surface area contributed by atoms with Crippen molar-refractivity contribution in [1.82, 2.24) is 10.6 Å². The molecule has 1 aromatic rings. The zero-order valence-corrected chi connectivity index (χ0v) is 15.0. The molecule has 1 saturated carbocycles. The van der Waals surface area contributed by atoms with E-state index in [1.807, 2.05) is 12.1 Å². The quantitative estimate of drug-likeness (QED) is 0.371. The first-order chi connectivity index (χ1) is 11.8. The molecule has 0 aromatic heterocycles. The predicted octanol–water partition coefficient (Wildman–Crippen LogP) is 2.70. The van der Waals surface area contributed by atoms with E-state index in [-0.39, 0.29) is 0 Å². The van der Waals surface area contributed by atoms with Gasteiger partial charge in [0.2, 0.25) is 0 Å². The molecule has 0 atom stereocenters. The summed E-state index contributed by atoms with van der Waals surface area (Å²) in [5.74, 6) is 1.69. The lowest BCUT2D eigenvalue weighted by Gasteiger charge is -2.12. The van der Waals surface area contributed by atoms with Crippen molar-refractivity contribution in [3.05, 3.63) is 35.4 Å². The Labute approximate surface area is 145 Å². The largest absolute Gasteiger partial charge is 0.381 e. The van der Waals surface area contributed by atoms with Gasteiger partial charge in [0.1, 0.15) is 0 Å². The van der Waals surface area contributed by atoms with Crippen molar-refractivity contribution in [2.75, 3.05) is 33.4 Å². The molecule has 0 amide bonds. The van der Waals surface area contributed by atoms with Gasteiger partial charge in [-0.3, -0.25) is 0 Å². The van der Waals surface area contributed by atoms with Gasteiger partial charge in [0, 0.05) is 33.4 Å². The molecule has 2 rings (SSSR count). The first kappa shape index (κ1) is 18.7. The number of nitrogens with one attached hydrogen (secondary N) is 2. The van der Waals surface area contributed by atoms with Gasteiger partial charge in [-0.1, -0.05) is 24.3 Å². The molecule has 134 valence electrons. The Balaban J connectivity index is 1.74. The van der Waals surface area contributed by atoms with Gasteiger partial charge < -0.3 is 20.1 Å². The Kier molecular flexibility index (Phi) is 8.63. The van der Waals surface area contributed by atoms with E-state index in [0.717, 1.165) is 44.6 Å². The highest BCUT2D eigenvalue weighted by Crippen LogP contribution is 2.28. The molecule has 5 heteroatoms. The summed E-state index contributed by atoms with van der Waals surface area (Å²) >= 11 is 0. The molecule has 1 aliphatic carbocycles. The van der Waals surface area contributed by atoms with E-state index in [0.29, 0.717) is 13.2 Å². The fourth-order valence-corrected chi connectivity index (χ4v) is 2.43. The molecule has 1 aromatic carbocycles. The van der Waals surface area contributed by atoms with Gasteiger partial charge in [0.25, 0.3) is 0 Å². The van der Waals surface area contributed by atoms with Crippen LogP contribution in [0.15, 0.2) is 29.3 Å². The van der Waals surface area contributed by atoms with Crippen LogP contribution in [0.4, 0.5) is 0 Å². The number of nitrogens with zero attached hydrogens (tertiary/aromatic N) is 1. The monoisotopic (exact) mass is 333 g/mol. The summed E-state index contributed by atoms with van der Waals surface area (Å²) in [6, 6.07) is 8.27. The van der Waals surface area contributed by atoms with Crippen LogP contribution in [0.2, 0.25) is 0 Å². The van der Waals surface area contributed by atoms with Crippen LogP contribution < -0.4 is 10.6 Å². The van der Waals surface area contributed by atoms with Crippen molar-refractivity contribution in [2.24, 2.45) is 10.9 Å². The predicted molar refractivity (Wildman–Crippen MR) is 98.1 cm³/mol. The van der Waals surface area contributed by atoms with E-state index >= 15 is 0 Å². The first-order valence-electron chi connectivity index (χ1n) is 8.99. The summed E-state index contributed by atoms with van der Waals surface area (Å²) in [5.41, 5.74) is 2.39. The third-order valence-corrected chi connectivity index (χ3v) is 3.98. The number of rotatable bonds is 11. The number of ether oxygens (including phenoxy) is 2. The molecule has 1 aliphatic rings. The lowest BCUT2D eigenvalue weighted by Crippen LogP contribution is -2.38. The SMILES string of the molecule is CCNC(=NCc1ccccc1COC)NCCCOCC1CC1. The number of methoxy groups -OCH3 is 1. The fourth-order valence-electron chi connectivity index (χ4n) is 2.43. The summed E-state index contributed by atoms with van der Waals surface area (Å²) in [4.78, 5) is 4.68. The third-order valence-electron chi connectivity index (χ3n) is 3.98. The van der Waals surface area contributed by atoms with Gasteiger partial charge in [-0.15, -0.1) is 0 Å². The minimum atomic E-state index is 0.619. The molecule has 0 aliphatic heterocycles. The van der Waals surface area contributed by atoms with Crippen molar-refractivity contribution in [3.63, 3.8) is 0 Å². The standard InChI is InChI=1S/C19H31N3O2/c1-3-20-19(21-11-6-12-24-14-16-9-10-16)22-13-17-7-4-5-8-18(17)15-23-2/h4-5,7-8,16H,3,6,9-15H2,1-2H3,(H2,20,21,22). The van der Waals surface area contributed by atoms with Gasteiger partial charge in [-0.2, -0.15) is 0 Å². The first-order valence-corrected chi connectivity index (χ1v) is 8.99. The maximum Gasteiger partial charge on any atom is 0.191 e. The molecule has 2 N–H and O–H groups in total. The van der Waals surface area contributed by atoms with Crippen molar-refractivity contribution in [2.45, 2.75) is 39.3 Å². The molecule has 5 nitrogen and oxygen atoms in total. The van der Waals surface area contributed by atoms with E-state index in [2.05, 4.69) is 34.7 Å². The van der Waals surface area contributed by atoms with Crippen LogP contribution in [0.5, 0.6) is 0 Å². The molecule has 24 heavy (non-hydrogen) atoms. The Morgan fingerprint density at radius 1 is 1.21 bits per heavy atom. The Hall–Kier alpha value is -1.59. The van der Waals surface area contributed by atoms with Crippen LogP contribution in [0.1, 0.15) is 37.3 Å². The average molecular weight is 333 g/mol. The Bertz CT molecular complexity index is 501. The van der Waals surface area contributed by atoms with Crippen LogP contribution in [0.3, 0.4) is 0 Å². The summed E-state index contributed by atoms with van der Waals surface area (Å²) in [7, 11) is 1.72. The molecular formula is C19H31N3O2. The van der Waals surface area contributed by atoms with Crippen LogP contribution in [0, 0.1) is 5.92 Å². The van der Waals surface area contributed by atoms with Gasteiger partial charge in [-0.25, -0.2) is 4.99 Å². The Morgan fingerprint density at radius 3 is 2.71 bits per heavy atom. The zero-order valence-electron chi connectivity index (χ0n) is 15.0. The molecule has 0 bridgehead atoms. The lowest BCUT2D eigenvalue weighted by molar-refractivity contribution is 0.123. The topological polar surface area (TPSA) is 54.9 Å². The second kappa shape index (κ2) is 11.0. The number of aliphatic imine (C=N–C) groups is 1. The summed E-state index contributed by atoms with van der Waals surface area (Å²) < 4.78 is 10.9. The Morgan fingerprint density at radius 2 is 2.00 bits per heavy atom. The zero-order chi connectivity index (χ0) is 17.0.